The molecule has 1 aliphatic carbocycles. The molecule has 88 valence electrons. The lowest BCUT2D eigenvalue weighted by atomic mass is 10.2. The molecule has 4 heteroatoms. The normalized spacial score (nSPS) is 17.7. The van der Waals surface area contributed by atoms with Gasteiger partial charge in [0.05, 0.1) is 5.92 Å². The fourth-order valence-corrected chi connectivity index (χ4v) is 1.67. The molecule has 0 atom stereocenters. The van der Waals surface area contributed by atoms with Crippen molar-refractivity contribution in [2.75, 3.05) is 6.79 Å². The topological polar surface area (TPSA) is 35.5 Å². The van der Waals surface area contributed by atoms with E-state index in [0.29, 0.717) is 0 Å². The average molecular weight is 230 g/mol. The molecule has 0 N–H and O–H groups in total. The van der Waals surface area contributed by atoms with Crippen LogP contribution in [-0.4, -0.2) is 21.1 Å². The van der Waals surface area contributed by atoms with Crippen LogP contribution in [0.4, 0.5) is 0 Å². The Labute approximate surface area is 93.3 Å². The van der Waals surface area contributed by atoms with Gasteiger partial charge in [-0.15, -0.1) is 0 Å². The van der Waals surface area contributed by atoms with Crippen molar-refractivity contribution in [1.29, 1.82) is 0 Å². The fraction of sp³-hybridized carbons (Fsp3) is 0.909. The summed E-state index contributed by atoms with van der Waals surface area (Å²) in [7, 11) is -1.76. The molecule has 0 aliphatic heterocycles. The van der Waals surface area contributed by atoms with Crippen molar-refractivity contribution < 1.29 is 14.0 Å². The third kappa shape index (κ3) is 3.61. The summed E-state index contributed by atoms with van der Waals surface area (Å²) in [6.45, 7) is 10.9. The molecule has 3 nitrogen and oxygen atoms in total. The number of ether oxygens (including phenoxy) is 1. The highest BCUT2D eigenvalue weighted by atomic mass is 28.4. The van der Waals surface area contributed by atoms with Crippen molar-refractivity contribution in [3.63, 3.8) is 0 Å². The van der Waals surface area contributed by atoms with Crippen molar-refractivity contribution in [2.45, 2.75) is 51.7 Å². The summed E-state index contributed by atoms with van der Waals surface area (Å²) in [6.07, 6.45) is 1.97. The van der Waals surface area contributed by atoms with Gasteiger partial charge in [-0.05, 0) is 31.0 Å². The van der Waals surface area contributed by atoms with Crippen LogP contribution in [0.1, 0.15) is 33.6 Å². The Morgan fingerprint density at radius 2 is 1.87 bits per heavy atom. The van der Waals surface area contributed by atoms with E-state index in [1.54, 1.807) is 0 Å². The molecule has 15 heavy (non-hydrogen) atoms. The van der Waals surface area contributed by atoms with Gasteiger partial charge in [0, 0.05) is 0 Å². The first kappa shape index (κ1) is 12.7. The number of carbonyl (C=O) groups is 1. The summed E-state index contributed by atoms with van der Waals surface area (Å²) >= 11 is 0. The first-order valence-electron chi connectivity index (χ1n) is 5.54. The van der Waals surface area contributed by atoms with Gasteiger partial charge in [-0.2, -0.15) is 0 Å². The summed E-state index contributed by atoms with van der Waals surface area (Å²) in [4.78, 5) is 11.3. The SMILES string of the molecule is CC(C)(C)[Si](C)(C)OCOC(=O)C1CC1. The largest absolute Gasteiger partial charge is 0.439 e. The van der Waals surface area contributed by atoms with Gasteiger partial charge in [-0.25, -0.2) is 0 Å². The molecule has 0 aromatic heterocycles. The zero-order valence-corrected chi connectivity index (χ0v) is 11.4. The van der Waals surface area contributed by atoms with Crippen molar-refractivity contribution in [3.05, 3.63) is 0 Å². The van der Waals surface area contributed by atoms with E-state index in [0.717, 1.165) is 12.8 Å². The second-order valence-corrected chi connectivity index (χ2v) is 10.6. The number of hydrogen-bond acceptors (Lipinski definition) is 3. The predicted octanol–water partition coefficient (Wildman–Crippen LogP) is 2.92. The Hall–Kier alpha value is -0.353. The van der Waals surface area contributed by atoms with Crippen LogP contribution in [0.15, 0.2) is 0 Å². The van der Waals surface area contributed by atoms with E-state index in [2.05, 4.69) is 33.9 Å². The number of rotatable bonds is 4. The van der Waals surface area contributed by atoms with E-state index >= 15 is 0 Å². The fourth-order valence-electron chi connectivity index (χ4n) is 0.888. The number of carbonyl (C=O) groups excluding carboxylic acids is 1. The van der Waals surface area contributed by atoms with Gasteiger partial charge in [0.1, 0.15) is 0 Å². The molecule has 0 aromatic rings. The molecule has 0 spiro atoms. The summed E-state index contributed by atoms with van der Waals surface area (Å²) in [5.74, 6) is 0.0710. The van der Waals surface area contributed by atoms with E-state index in [4.69, 9.17) is 9.16 Å². The molecule has 1 fully saturated rings. The van der Waals surface area contributed by atoms with Gasteiger partial charge in [-0.1, -0.05) is 20.8 Å². The van der Waals surface area contributed by atoms with Crippen LogP contribution in [0.5, 0.6) is 0 Å². The minimum Gasteiger partial charge on any atom is -0.439 e. The zero-order chi connectivity index (χ0) is 11.7. The predicted molar refractivity (Wildman–Crippen MR) is 62.0 cm³/mol. The molecule has 0 amide bonds. The zero-order valence-electron chi connectivity index (χ0n) is 10.4. The van der Waals surface area contributed by atoms with E-state index in [9.17, 15) is 4.79 Å². The molecule has 0 aromatic carbocycles. The van der Waals surface area contributed by atoms with Gasteiger partial charge in [0.2, 0.25) is 0 Å². The first-order chi connectivity index (χ1) is 6.74. The Morgan fingerprint density at radius 3 is 2.27 bits per heavy atom. The second kappa shape index (κ2) is 4.26. The summed E-state index contributed by atoms with van der Waals surface area (Å²) in [5, 5.41) is 0.166. The Balaban J connectivity index is 2.26. The molecule has 0 heterocycles. The van der Waals surface area contributed by atoms with Crippen molar-refractivity contribution in [3.8, 4) is 0 Å². The standard InChI is InChI=1S/C11H22O3Si/c1-11(2,3)15(4,5)14-8-13-10(12)9-6-7-9/h9H,6-8H2,1-5H3. The van der Waals surface area contributed by atoms with Crippen LogP contribution >= 0.6 is 0 Å². The average Bonchev–Trinajstić information content (AvgIpc) is 2.83. The maximum absolute atomic E-state index is 11.3. The van der Waals surface area contributed by atoms with E-state index in [1.165, 1.54) is 0 Å². The molecule has 0 radical (unpaired) electrons. The van der Waals surface area contributed by atoms with Crippen LogP contribution < -0.4 is 0 Å². The molecule has 0 unspecified atom stereocenters. The Morgan fingerprint density at radius 1 is 1.33 bits per heavy atom. The van der Waals surface area contributed by atoms with Crippen LogP contribution in [0, 0.1) is 5.92 Å². The highest BCUT2D eigenvalue weighted by Crippen LogP contribution is 2.36. The summed E-state index contributed by atoms with van der Waals surface area (Å²) in [5.41, 5.74) is 0. The Kier molecular flexibility index (Phi) is 3.61. The highest BCUT2D eigenvalue weighted by Gasteiger charge is 2.38. The van der Waals surface area contributed by atoms with Crippen molar-refractivity contribution in [2.24, 2.45) is 5.92 Å². The van der Waals surface area contributed by atoms with Crippen LogP contribution in [0.2, 0.25) is 18.1 Å². The highest BCUT2D eigenvalue weighted by molar-refractivity contribution is 6.74. The lowest BCUT2D eigenvalue weighted by Gasteiger charge is -2.35. The van der Waals surface area contributed by atoms with Gasteiger partial charge in [-0.3, -0.25) is 4.79 Å². The minimum absolute atomic E-state index is 0.0892. The van der Waals surface area contributed by atoms with Crippen LogP contribution in [0.3, 0.4) is 0 Å². The third-order valence-corrected chi connectivity index (χ3v) is 7.79. The first-order valence-corrected chi connectivity index (χ1v) is 8.45. The molecule has 1 rings (SSSR count). The summed E-state index contributed by atoms with van der Waals surface area (Å²) in [6, 6.07) is 0. The lowest BCUT2D eigenvalue weighted by Crippen LogP contribution is -2.41. The minimum atomic E-state index is -1.76. The van der Waals surface area contributed by atoms with Gasteiger partial charge < -0.3 is 9.16 Å². The molecule has 1 saturated carbocycles. The van der Waals surface area contributed by atoms with Crippen LogP contribution in [-0.2, 0) is 14.0 Å². The van der Waals surface area contributed by atoms with Crippen LogP contribution in [0.25, 0.3) is 0 Å². The smallest absolute Gasteiger partial charge is 0.311 e. The Bertz CT molecular complexity index is 239. The third-order valence-electron chi connectivity index (χ3n) is 3.34. The maximum Gasteiger partial charge on any atom is 0.311 e. The molecule has 0 saturated heterocycles. The number of hydrogen-bond donors (Lipinski definition) is 0. The van der Waals surface area contributed by atoms with E-state index < -0.39 is 8.32 Å². The molecule has 0 bridgehead atoms. The monoisotopic (exact) mass is 230 g/mol. The molecular weight excluding hydrogens is 208 g/mol. The van der Waals surface area contributed by atoms with Gasteiger partial charge in [0.15, 0.2) is 15.1 Å². The molecular formula is C11H22O3Si. The second-order valence-electron chi connectivity index (χ2n) is 5.76. The van der Waals surface area contributed by atoms with Crippen molar-refractivity contribution >= 4 is 14.3 Å². The van der Waals surface area contributed by atoms with E-state index in [-0.39, 0.29) is 23.7 Å². The van der Waals surface area contributed by atoms with E-state index in [1.807, 2.05) is 0 Å². The van der Waals surface area contributed by atoms with Gasteiger partial charge in [0.25, 0.3) is 0 Å². The van der Waals surface area contributed by atoms with Gasteiger partial charge >= 0.3 is 5.97 Å². The molecule has 1 aliphatic rings. The number of esters is 1. The maximum atomic E-state index is 11.3. The lowest BCUT2D eigenvalue weighted by molar-refractivity contribution is -0.152. The van der Waals surface area contributed by atoms with Crippen molar-refractivity contribution in [1.82, 2.24) is 0 Å². The quantitative estimate of drug-likeness (QED) is 0.423. The summed E-state index contributed by atoms with van der Waals surface area (Å²) < 4.78 is 10.8.